The van der Waals surface area contributed by atoms with E-state index >= 15 is 0 Å². The van der Waals surface area contributed by atoms with Crippen molar-refractivity contribution in [2.45, 2.75) is 24.7 Å². The summed E-state index contributed by atoms with van der Waals surface area (Å²) in [5, 5.41) is 0. The molecule has 0 N–H and O–H groups in total. The molecule has 1 aliphatic heterocycles. The molecule has 2 rings (SSSR count). The number of anilines is 1. The lowest BCUT2D eigenvalue weighted by molar-refractivity contribution is -0.116. The van der Waals surface area contributed by atoms with E-state index in [0.29, 0.717) is 13.0 Å². The van der Waals surface area contributed by atoms with Crippen molar-refractivity contribution in [2.75, 3.05) is 11.4 Å². The van der Waals surface area contributed by atoms with Crippen LogP contribution < -0.4 is 4.90 Å². The van der Waals surface area contributed by atoms with Gasteiger partial charge in [-0.2, -0.15) is 0 Å². The predicted molar refractivity (Wildman–Crippen MR) is 66.7 cm³/mol. The quantitative estimate of drug-likeness (QED) is 0.748. The molecule has 0 atom stereocenters. The Morgan fingerprint density at radius 2 is 2.11 bits per heavy atom. The largest absolute Gasteiger partial charge is 0.312 e. The number of sulfone groups is 1. The fourth-order valence-electron chi connectivity index (χ4n) is 2.13. The summed E-state index contributed by atoms with van der Waals surface area (Å²) in [6.45, 7) is 2.12. The molecule has 1 heterocycles. The monoisotopic (exact) mass is 267 g/mol. The zero-order valence-corrected chi connectivity index (χ0v) is 10.7. The lowest BCUT2D eigenvalue weighted by Gasteiger charge is -2.28. The standard InChI is InChI=1S/C12H13NO4S/c1-9(15)13-6-2-3-10-7-11(4-5-12(10)13)18(16,17)8-14/h4-5,7-8H,2-3,6H2,1H3. The molecule has 5 nitrogen and oxygen atoms in total. The third-order valence-electron chi connectivity index (χ3n) is 3.00. The Bertz CT molecular complexity index is 607. The van der Waals surface area contributed by atoms with Crippen molar-refractivity contribution in [3.63, 3.8) is 0 Å². The maximum Gasteiger partial charge on any atom is 0.238 e. The van der Waals surface area contributed by atoms with Gasteiger partial charge in [-0.05, 0) is 36.6 Å². The zero-order valence-electron chi connectivity index (χ0n) is 9.92. The molecule has 0 fully saturated rings. The highest BCUT2D eigenvalue weighted by Crippen LogP contribution is 2.29. The van der Waals surface area contributed by atoms with Gasteiger partial charge in [-0.3, -0.25) is 9.59 Å². The van der Waals surface area contributed by atoms with Crippen molar-refractivity contribution in [2.24, 2.45) is 0 Å². The second-order valence-electron chi connectivity index (χ2n) is 4.21. The van der Waals surface area contributed by atoms with Gasteiger partial charge in [0.05, 0.1) is 4.90 Å². The van der Waals surface area contributed by atoms with Crippen LogP contribution in [0.15, 0.2) is 23.1 Å². The van der Waals surface area contributed by atoms with E-state index in [-0.39, 0.29) is 16.4 Å². The number of nitrogens with zero attached hydrogens (tertiary/aromatic N) is 1. The molecule has 0 spiro atoms. The SMILES string of the molecule is CC(=O)N1CCCc2cc(S(=O)(=O)C=O)ccc21. The Hall–Kier alpha value is -1.69. The lowest BCUT2D eigenvalue weighted by atomic mass is 10.0. The maximum atomic E-state index is 11.5. The number of carbonyl (C=O) groups is 2. The lowest BCUT2D eigenvalue weighted by Crippen LogP contribution is -2.33. The second kappa shape index (κ2) is 4.53. The molecule has 1 aromatic rings. The topological polar surface area (TPSA) is 71.5 Å². The number of benzene rings is 1. The molecule has 0 saturated heterocycles. The molecule has 18 heavy (non-hydrogen) atoms. The van der Waals surface area contributed by atoms with Gasteiger partial charge >= 0.3 is 0 Å². The van der Waals surface area contributed by atoms with E-state index in [4.69, 9.17) is 0 Å². The van der Waals surface area contributed by atoms with Crippen molar-refractivity contribution >= 4 is 27.1 Å². The van der Waals surface area contributed by atoms with Gasteiger partial charge in [0, 0.05) is 19.2 Å². The van der Waals surface area contributed by atoms with Crippen molar-refractivity contribution in [3.05, 3.63) is 23.8 Å². The molecule has 0 aliphatic carbocycles. The molecule has 6 heteroatoms. The number of amides is 1. The number of aryl methyl sites for hydroxylation is 1. The number of carbonyl (C=O) groups excluding carboxylic acids is 2. The minimum Gasteiger partial charge on any atom is -0.312 e. The van der Waals surface area contributed by atoms with Crippen LogP contribution in [0.5, 0.6) is 0 Å². The molecule has 0 bridgehead atoms. The van der Waals surface area contributed by atoms with E-state index in [0.717, 1.165) is 17.7 Å². The summed E-state index contributed by atoms with van der Waals surface area (Å²) in [6.07, 6.45) is 1.50. The van der Waals surface area contributed by atoms with Crippen LogP contribution in [0.4, 0.5) is 5.69 Å². The summed E-state index contributed by atoms with van der Waals surface area (Å²) in [5.41, 5.74) is 1.47. The number of hydrogen-bond acceptors (Lipinski definition) is 4. The van der Waals surface area contributed by atoms with Gasteiger partial charge in [0.2, 0.25) is 21.4 Å². The second-order valence-corrected chi connectivity index (χ2v) is 5.96. The molecular weight excluding hydrogens is 254 g/mol. The summed E-state index contributed by atoms with van der Waals surface area (Å²) in [4.78, 5) is 23.6. The Balaban J connectivity index is 2.51. The molecule has 1 aromatic carbocycles. The van der Waals surface area contributed by atoms with Crippen LogP contribution in [0.3, 0.4) is 0 Å². The first-order chi connectivity index (χ1) is 8.45. The number of fused-ring (bicyclic) bond motifs is 1. The van der Waals surface area contributed by atoms with Crippen LogP contribution in [0.2, 0.25) is 0 Å². The van der Waals surface area contributed by atoms with E-state index in [1.807, 2.05) is 0 Å². The van der Waals surface area contributed by atoms with Gasteiger partial charge in [0.1, 0.15) is 0 Å². The van der Waals surface area contributed by atoms with Gasteiger partial charge in [-0.25, -0.2) is 8.42 Å². The number of hydrogen-bond donors (Lipinski definition) is 0. The third kappa shape index (κ3) is 2.15. The van der Waals surface area contributed by atoms with Crippen LogP contribution in [0, 0.1) is 0 Å². The molecule has 0 radical (unpaired) electrons. The Kier molecular flexibility index (Phi) is 3.21. The maximum absolute atomic E-state index is 11.5. The van der Waals surface area contributed by atoms with E-state index in [9.17, 15) is 18.0 Å². The molecule has 96 valence electrons. The molecule has 0 unspecified atom stereocenters. The van der Waals surface area contributed by atoms with E-state index in [1.165, 1.54) is 19.1 Å². The molecule has 1 aliphatic rings. The minimum absolute atomic E-state index is 0.0124. The zero-order chi connectivity index (χ0) is 13.3. The van der Waals surface area contributed by atoms with Gasteiger partial charge in [0.25, 0.3) is 0 Å². The van der Waals surface area contributed by atoms with Crippen LogP contribution in [0.25, 0.3) is 0 Å². The average molecular weight is 267 g/mol. The van der Waals surface area contributed by atoms with E-state index in [1.54, 1.807) is 11.0 Å². The summed E-state index contributed by atoms with van der Waals surface area (Å²) < 4.78 is 22.9. The van der Waals surface area contributed by atoms with E-state index in [2.05, 4.69) is 0 Å². The highest BCUT2D eigenvalue weighted by molar-refractivity contribution is 8.04. The molecular formula is C12H13NO4S. The Labute approximate surface area is 105 Å². The van der Waals surface area contributed by atoms with Crippen LogP contribution in [0.1, 0.15) is 18.9 Å². The smallest absolute Gasteiger partial charge is 0.238 e. The van der Waals surface area contributed by atoms with Crippen LogP contribution >= 0.6 is 0 Å². The van der Waals surface area contributed by atoms with Crippen molar-refractivity contribution in [1.82, 2.24) is 0 Å². The fraction of sp³-hybridized carbons (Fsp3) is 0.333. The van der Waals surface area contributed by atoms with Gasteiger partial charge < -0.3 is 4.90 Å². The highest BCUT2D eigenvalue weighted by atomic mass is 32.2. The summed E-state index contributed by atoms with van der Waals surface area (Å²) in [5.74, 6) is -0.0676. The predicted octanol–water partition coefficient (Wildman–Crippen LogP) is 0.950. The highest BCUT2D eigenvalue weighted by Gasteiger charge is 2.22. The Morgan fingerprint density at radius 3 is 2.72 bits per heavy atom. The van der Waals surface area contributed by atoms with E-state index < -0.39 is 9.84 Å². The summed E-state index contributed by atoms with van der Waals surface area (Å²) in [7, 11) is -3.85. The summed E-state index contributed by atoms with van der Waals surface area (Å²) in [6, 6.07) is 4.43. The van der Waals surface area contributed by atoms with Gasteiger partial charge in [0.15, 0.2) is 0 Å². The fourth-order valence-corrected chi connectivity index (χ4v) is 2.81. The Morgan fingerprint density at radius 1 is 1.39 bits per heavy atom. The van der Waals surface area contributed by atoms with Crippen molar-refractivity contribution in [1.29, 1.82) is 0 Å². The van der Waals surface area contributed by atoms with Crippen molar-refractivity contribution in [3.8, 4) is 0 Å². The normalized spacial score (nSPS) is 15.1. The first kappa shape index (κ1) is 12.8. The summed E-state index contributed by atoms with van der Waals surface area (Å²) >= 11 is 0. The van der Waals surface area contributed by atoms with Crippen LogP contribution in [-0.4, -0.2) is 26.5 Å². The van der Waals surface area contributed by atoms with Crippen LogP contribution in [-0.2, 0) is 25.8 Å². The van der Waals surface area contributed by atoms with Crippen molar-refractivity contribution < 1.29 is 18.0 Å². The molecule has 0 saturated carbocycles. The first-order valence-electron chi connectivity index (χ1n) is 5.57. The third-order valence-corrected chi connectivity index (χ3v) is 4.17. The molecule has 0 aromatic heterocycles. The first-order valence-corrected chi connectivity index (χ1v) is 7.11. The number of rotatable bonds is 2. The average Bonchev–Trinajstić information content (AvgIpc) is 2.37. The van der Waals surface area contributed by atoms with Gasteiger partial charge in [-0.1, -0.05) is 0 Å². The van der Waals surface area contributed by atoms with Gasteiger partial charge in [-0.15, -0.1) is 0 Å². The molecule has 1 amide bonds. The minimum atomic E-state index is -3.85.